The lowest BCUT2D eigenvalue weighted by Gasteiger charge is -2.22. The van der Waals surface area contributed by atoms with Crippen molar-refractivity contribution in [1.82, 2.24) is 5.32 Å². The smallest absolute Gasteiger partial charge is 0.387 e. The molecule has 2 N–H and O–H groups in total. The number of carbonyl (C=O) groups excluding carboxylic acids is 1. The molecular formula is C13H15F3N2O2. The predicted molar refractivity (Wildman–Crippen MR) is 67.3 cm³/mol. The fourth-order valence-electron chi connectivity index (χ4n) is 2.08. The van der Waals surface area contributed by atoms with Crippen LogP contribution in [0.2, 0.25) is 0 Å². The van der Waals surface area contributed by atoms with E-state index in [4.69, 9.17) is 0 Å². The molecule has 0 aliphatic carbocycles. The summed E-state index contributed by atoms with van der Waals surface area (Å²) in [6, 6.07) is 3.04. The Morgan fingerprint density at radius 1 is 1.40 bits per heavy atom. The van der Waals surface area contributed by atoms with Crippen molar-refractivity contribution in [2.24, 2.45) is 0 Å². The van der Waals surface area contributed by atoms with Gasteiger partial charge in [-0.05, 0) is 31.5 Å². The van der Waals surface area contributed by atoms with Crippen LogP contribution in [-0.4, -0.2) is 25.1 Å². The topological polar surface area (TPSA) is 50.4 Å². The van der Waals surface area contributed by atoms with Crippen LogP contribution in [0.1, 0.15) is 19.3 Å². The van der Waals surface area contributed by atoms with Gasteiger partial charge in [0.2, 0.25) is 5.91 Å². The van der Waals surface area contributed by atoms with Gasteiger partial charge in [-0.2, -0.15) is 8.78 Å². The number of nitrogens with one attached hydrogen (secondary N) is 2. The van der Waals surface area contributed by atoms with E-state index in [1.54, 1.807) is 0 Å². The molecule has 4 nitrogen and oxygen atoms in total. The van der Waals surface area contributed by atoms with Crippen molar-refractivity contribution >= 4 is 11.6 Å². The zero-order valence-corrected chi connectivity index (χ0v) is 10.7. The van der Waals surface area contributed by atoms with Crippen molar-refractivity contribution in [2.75, 3.05) is 11.9 Å². The molecule has 0 saturated carbocycles. The monoisotopic (exact) mass is 288 g/mol. The summed E-state index contributed by atoms with van der Waals surface area (Å²) >= 11 is 0. The molecule has 1 heterocycles. The molecule has 7 heteroatoms. The third kappa shape index (κ3) is 3.86. The summed E-state index contributed by atoms with van der Waals surface area (Å²) in [7, 11) is 0. The second-order valence-electron chi connectivity index (χ2n) is 4.52. The number of hydrogen-bond donors (Lipinski definition) is 2. The Balaban J connectivity index is 1.99. The van der Waals surface area contributed by atoms with E-state index < -0.39 is 18.2 Å². The fraction of sp³-hybridized carbons (Fsp3) is 0.462. The Morgan fingerprint density at radius 3 is 2.80 bits per heavy atom. The number of halogens is 3. The first-order valence-electron chi connectivity index (χ1n) is 6.35. The van der Waals surface area contributed by atoms with Crippen LogP contribution in [-0.2, 0) is 4.79 Å². The Labute approximate surface area is 114 Å². The maximum absolute atomic E-state index is 13.5. The van der Waals surface area contributed by atoms with E-state index in [-0.39, 0.29) is 17.6 Å². The highest BCUT2D eigenvalue weighted by Crippen LogP contribution is 2.23. The average Bonchev–Trinajstić information content (AvgIpc) is 2.42. The third-order valence-electron chi connectivity index (χ3n) is 3.04. The van der Waals surface area contributed by atoms with Gasteiger partial charge < -0.3 is 15.4 Å². The number of piperidine rings is 1. The first kappa shape index (κ1) is 14.6. The van der Waals surface area contributed by atoms with Crippen molar-refractivity contribution in [3.8, 4) is 5.75 Å². The van der Waals surface area contributed by atoms with Gasteiger partial charge >= 0.3 is 6.61 Å². The Bertz CT molecular complexity index is 477. The summed E-state index contributed by atoms with van der Waals surface area (Å²) < 4.78 is 41.4. The number of hydrogen-bond acceptors (Lipinski definition) is 3. The molecule has 0 bridgehead atoms. The summed E-state index contributed by atoms with van der Waals surface area (Å²) in [6.07, 6.45) is 2.71. The van der Waals surface area contributed by atoms with Gasteiger partial charge in [-0.25, -0.2) is 4.39 Å². The lowest BCUT2D eigenvalue weighted by molar-refractivity contribution is -0.118. The van der Waals surface area contributed by atoms with Crippen LogP contribution in [0, 0.1) is 5.82 Å². The number of benzene rings is 1. The molecule has 1 aliphatic rings. The minimum atomic E-state index is -3.09. The lowest BCUT2D eigenvalue weighted by atomic mass is 10.0. The minimum absolute atomic E-state index is 0.210. The van der Waals surface area contributed by atoms with E-state index in [0.717, 1.165) is 37.9 Å². The quantitative estimate of drug-likeness (QED) is 0.895. The molecule has 1 saturated heterocycles. The average molecular weight is 288 g/mol. The van der Waals surface area contributed by atoms with Gasteiger partial charge in [0.15, 0.2) is 11.6 Å². The number of anilines is 1. The predicted octanol–water partition coefficient (Wildman–Crippen LogP) is 2.51. The van der Waals surface area contributed by atoms with Crippen LogP contribution in [0.3, 0.4) is 0 Å². The van der Waals surface area contributed by atoms with Gasteiger partial charge in [0.1, 0.15) is 0 Å². The van der Waals surface area contributed by atoms with Gasteiger partial charge in [0.25, 0.3) is 0 Å². The fourth-order valence-corrected chi connectivity index (χ4v) is 2.08. The molecule has 1 atom stereocenters. The van der Waals surface area contributed by atoms with E-state index >= 15 is 0 Å². The molecule has 1 fully saturated rings. The lowest BCUT2D eigenvalue weighted by Crippen LogP contribution is -2.43. The Morgan fingerprint density at radius 2 is 2.20 bits per heavy atom. The first-order valence-corrected chi connectivity index (χ1v) is 6.35. The standard InChI is InChI=1S/C13H15F3N2O2/c14-9-7-8(4-5-11(9)20-13(15)16)18-12(19)10-3-1-2-6-17-10/h4-5,7,10,13,17H,1-3,6H2,(H,18,19). The molecule has 0 aromatic heterocycles. The molecule has 0 radical (unpaired) electrons. The number of carbonyl (C=O) groups is 1. The molecule has 1 amide bonds. The second-order valence-corrected chi connectivity index (χ2v) is 4.52. The molecule has 20 heavy (non-hydrogen) atoms. The van der Waals surface area contributed by atoms with E-state index in [2.05, 4.69) is 15.4 Å². The first-order chi connectivity index (χ1) is 9.56. The van der Waals surface area contributed by atoms with Gasteiger partial charge in [0, 0.05) is 11.8 Å². The van der Waals surface area contributed by atoms with Crippen molar-refractivity contribution in [3.63, 3.8) is 0 Å². The summed E-state index contributed by atoms with van der Waals surface area (Å²) in [5, 5.41) is 5.61. The van der Waals surface area contributed by atoms with Gasteiger partial charge in [0.05, 0.1) is 6.04 Å². The second kappa shape index (κ2) is 6.60. The maximum atomic E-state index is 13.5. The summed E-state index contributed by atoms with van der Waals surface area (Å²) in [4.78, 5) is 11.9. The van der Waals surface area contributed by atoms with Crippen LogP contribution in [0.15, 0.2) is 18.2 Å². The minimum Gasteiger partial charge on any atom is -0.432 e. The van der Waals surface area contributed by atoms with E-state index in [0.29, 0.717) is 0 Å². The van der Waals surface area contributed by atoms with Crippen molar-refractivity contribution in [2.45, 2.75) is 31.9 Å². The molecular weight excluding hydrogens is 273 g/mol. The summed E-state index contributed by atoms with van der Waals surface area (Å²) in [5.41, 5.74) is 0.210. The van der Waals surface area contributed by atoms with Crippen LogP contribution in [0.25, 0.3) is 0 Å². The Hall–Kier alpha value is -1.76. The SMILES string of the molecule is O=C(Nc1ccc(OC(F)F)c(F)c1)C1CCCCN1. The van der Waals surface area contributed by atoms with Gasteiger partial charge in [-0.1, -0.05) is 6.42 Å². The maximum Gasteiger partial charge on any atom is 0.387 e. The van der Waals surface area contributed by atoms with Crippen LogP contribution in [0.5, 0.6) is 5.75 Å². The van der Waals surface area contributed by atoms with Crippen LogP contribution < -0.4 is 15.4 Å². The summed E-state index contributed by atoms with van der Waals surface area (Å²) in [6.45, 7) is -2.32. The Kier molecular flexibility index (Phi) is 4.84. The number of rotatable bonds is 4. The molecule has 110 valence electrons. The normalized spacial score (nSPS) is 18.9. The van der Waals surface area contributed by atoms with Crippen LogP contribution in [0.4, 0.5) is 18.9 Å². The van der Waals surface area contributed by atoms with E-state index in [1.165, 1.54) is 6.07 Å². The van der Waals surface area contributed by atoms with Crippen molar-refractivity contribution in [1.29, 1.82) is 0 Å². The highest BCUT2D eigenvalue weighted by Gasteiger charge is 2.20. The molecule has 2 rings (SSSR count). The highest BCUT2D eigenvalue weighted by molar-refractivity contribution is 5.94. The van der Waals surface area contributed by atoms with Gasteiger partial charge in [-0.15, -0.1) is 0 Å². The third-order valence-corrected chi connectivity index (χ3v) is 3.04. The molecule has 1 unspecified atom stereocenters. The molecule has 1 aromatic carbocycles. The molecule has 1 aliphatic heterocycles. The molecule has 1 aromatic rings. The van der Waals surface area contributed by atoms with E-state index in [9.17, 15) is 18.0 Å². The largest absolute Gasteiger partial charge is 0.432 e. The summed E-state index contributed by atoms with van der Waals surface area (Å²) in [5.74, 6) is -1.75. The number of ether oxygens (including phenoxy) is 1. The molecule has 0 spiro atoms. The van der Waals surface area contributed by atoms with Crippen molar-refractivity contribution < 1.29 is 22.7 Å². The zero-order valence-electron chi connectivity index (χ0n) is 10.7. The van der Waals surface area contributed by atoms with Crippen molar-refractivity contribution in [3.05, 3.63) is 24.0 Å². The number of amides is 1. The van der Waals surface area contributed by atoms with E-state index in [1.807, 2.05) is 0 Å². The van der Waals surface area contributed by atoms with Crippen LogP contribution >= 0.6 is 0 Å². The van der Waals surface area contributed by atoms with Gasteiger partial charge in [-0.3, -0.25) is 4.79 Å². The number of alkyl halides is 2. The highest BCUT2D eigenvalue weighted by atomic mass is 19.3. The zero-order chi connectivity index (χ0) is 14.5.